The van der Waals surface area contributed by atoms with Crippen molar-refractivity contribution >= 4 is 0 Å². The Morgan fingerprint density at radius 2 is 1.85 bits per heavy atom. The molecule has 20 heavy (non-hydrogen) atoms. The molecular weight excluding hydrogens is 244 g/mol. The van der Waals surface area contributed by atoms with Crippen molar-refractivity contribution in [2.45, 2.75) is 51.6 Å². The van der Waals surface area contributed by atoms with Gasteiger partial charge in [0.25, 0.3) is 0 Å². The summed E-state index contributed by atoms with van der Waals surface area (Å²) in [5, 5.41) is 3.59. The lowest BCUT2D eigenvalue weighted by atomic mass is 9.79. The molecule has 110 valence electrons. The summed E-state index contributed by atoms with van der Waals surface area (Å²) >= 11 is 0. The van der Waals surface area contributed by atoms with E-state index < -0.39 is 0 Å². The minimum absolute atomic E-state index is 0.501. The van der Waals surface area contributed by atoms with Gasteiger partial charge in [-0.05, 0) is 62.4 Å². The highest BCUT2D eigenvalue weighted by atomic mass is 15.2. The molecule has 1 saturated heterocycles. The second-order valence-corrected chi connectivity index (χ2v) is 7.27. The van der Waals surface area contributed by atoms with Gasteiger partial charge in [-0.25, -0.2) is 0 Å². The van der Waals surface area contributed by atoms with Crippen molar-refractivity contribution in [3.05, 3.63) is 35.4 Å². The molecule has 1 aromatic carbocycles. The standard InChI is InChI=1S/C18H28N2/c1-18(2)10-12-20(13-11-18)16-9-8-14-6-4-5-7-15(14)17(16)19-3/h4-7,16-17,19H,8-13H2,1-3H3. The molecule has 0 amide bonds. The Morgan fingerprint density at radius 3 is 2.55 bits per heavy atom. The molecule has 0 spiro atoms. The molecule has 0 aromatic heterocycles. The highest BCUT2D eigenvalue weighted by Crippen LogP contribution is 2.37. The van der Waals surface area contributed by atoms with Crippen molar-refractivity contribution in [1.82, 2.24) is 10.2 Å². The second kappa shape index (κ2) is 5.50. The van der Waals surface area contributed by atoms with Gasteiger partial charge in [0.2, 0.25) is 0 Å². The maximum atomic E-state index is 3.59. The van der Waals surface area contributed by atoms with Crippen molar-refractivity contribution in [3.8, 4) is 0 Å². The molecule has 2 heteroatoms. The average Bonchev–Trinajstić information content (AvgIpc) is 2.46. The van der Waals surface area contributed by atoms with E-state index in [1.54, 1.807) is 5.56 Å². The van der Waals surface area contributed by atoms with Crippen molar-refractivity contribution in [2.24, 2.45) is 5.41 Å². The van der Waals surface area contributed by atoms with Crippen LogP contribution >= 0.6 is 0 Å². The molecule has 3 rings (SSSR count). The number of piperidine rings is 1. The van der Waals surface area contributed by atoms with E-state index in [1.165, 1.54) is 44.3 Å². The maximum Gasteiger partial charge on any atom is 0.0478 e. The molecule has 0 saturated carbocycles. The van der Waals surface area contributed by atoms with Crippen LogP contribution in [0, 0.1) is 5.41 Å². The van der Waals surface area contributed by atoms with E-state index in [1.807, 2.05) is 0 Å². The summed E-state index contributed by atoms with van der Waals surface area (Å²) < 4.78 is 0. The monoisotopic (exact) mass is 272 g/mol. The van der Waals surface area contributed by atoms with E-state index in [0.717, 1.165) is 0 Å². The minimum Gasteiger partial charge on any atom is -0.312 e. The van der Waals surface area contributed by atoms with Gasteiger partial charge in [-0.1, -0.05) is 38.1 Å². The number of hydrogen-bond acceptors (Lipinski definition) is 2. The number of fused-ring (bicyclic) bond motifs is 1. The molecule has 2 atom stereocenters. The number of hydrogen-bond donors (Lipinski definition) is 1. The fourth-order valence-electron chi connectivity index (χ4n) is 3.94. The summed E-state index contributed by atoms with van der Waals surface area (Å²) in [4.78, 5) is 2.74. The molecule has 0 radical (unpaired) electrons. The molecule has 0 bridgehead atoms. The zero-order valence-corrected chi connectivity index (χ0v) is 13.2. The van der Waals surface area contributed by atoms with Gasteiger partial charge in [0.15, 0.2) is 0 Å². The lowest BCUT2D eigenvalue weighted by Crippen LogP contribution is -2.50. The van der Waals surface area contributed by atoms with Crippen LogP contribution in [0.15, 0.2) is 24.3 Å². The van der Waals surface area contributed by atoms with Gasteiger partial charge in [0, 0.05) is 12.1 Å². The molecular formula is C18H28N2. The number of likely N-dealkylation sites (tertiary alicyclic amines) is 1. The third kappa shape index (κ3) is 2.64. The second-order valence-electron chi connectivity index (χ2n) is 7.27. The Labute approximate surface area is 123 Å². The molecule has 1 aliphatic heterocycles. The summed E-state index contributed by atoms with van der Waals surface area (Å²) in [7, 11) is 2.12. The first-order valence-corrected chi connectivity index (χ1v) is 8.10. The third-order valence-corrected chi connectivity index (χ3v) is 5.42. The van der Waals surface area contributed by atoms with Crippen LogP contribution in [-0.4, -0.2) is 31.1 Å². The number of benzene rings is 1. The van der Waals surface area contributed by atoms with E-state index in [4.69, 9.17) is 0 Å². The molecule has 1 fully saturated rings. The number of nitrogens with zero attached hydrogens (tertiary/aromatic N) is 1. The number of likely N-dealkylation sites (N-methyl/N-ethyl adjacent to an activating group) is 1. The fourth-order valence-corrected chi connectivity index (χ4v) is 3.94. The van der Waals surface area contributed by atoms with E-state index in [9.17, 15) is 0 Å². The largest absolute Gasteiger partial charge is 0.312 e. The zero-order chi connectivity index (χ0) is 14.2. The van der Waals surface area contributed by atoms with Crippen LogP contribution in [0.5, 0.6) is 0 Å². The molecule has 2 nitrogen and oxygen atoms in total. The maximum absolute atomic E-state index is 3.59. The van der Waals surface area contributed by atoms with Gasteiger partial charge in [-0.2, -0.15) is 0 Å². The van der Waals surface area contributed by atoms with Crippen LogP contribution in [-0.2, 0) is 6.42 Å². The summed E-state index contributed by atoms with van der Waals surface area (Å²) in [6, 6.07) is 10.2. The lowest BCUT2D eigenvalue weighted by molar-refractivity contribution is 0.0689. The summed E-state index contributed by atoms with van der Waals surface area (Å²) in [5.41, 5.74) is 3.61. The predicted molar refractivity (Wildman–Crippen MR) is 84.9 cm³/mol. The van der Waals surface area contributed by atoms with Crippen molar-refractivity contribution < 1.29 is 0 Å². The SMILES string of the molecule is CNC1c2ccccc2CCC1N1CCC(C)(C)CC1. The normalized spacial score (nSPS) is 29.9. The van der Waals surface area contributed by atoms with Crippen LogP contribution in [0.1, 0.15) is 50.3 Å². The van der Waals surface area contributed by atoms with Gasteiger partial charge >= 0.3 is 0 Å². The van der Waals surface area contributed by atoms with Gasteiger partial charge in [0.1, 0.15) is 0 Å². The summed E-state index contributed by atoms with van der Waals surface area (Å²) in [5.74, 6) is 0. The van der Waals surface area contributed by atoms with Crippen LogP contribution in [0.25, 0.3) is 0 Å². The number of rotatable bonds is 2. The Kier molecular flexibility index (Phi) is 3.87. The van der Waals surface area contributed by atoms with Crippen LogP contribution in [0.2, 0.25) is 0 Å². The topological polar surface area (TPSA) is 15.3 Å². The van der Waals surface area contributed by atoms with Crippen molar-refractivity contribution in [3.63, 3.8) is 0 Å². The first kappa shape index (κ1) is 14.1. The zero-order valence-electron chi connectivity index (χ0n) is 13.2. The Morgan fingerprint density at radius 1 is 1.15 bits per heavy atom. The smallest absolute Gasteiger partial charge is 0.0478 e. The Hall–Kier alpha value is -0.860. The van der Waals surface area contributed by atoms with E-state index in [2.05, 4.69) is 55.4 Å². The Balaban J connectivity index is 1.78. The highest BCUT2D eigenvalue weighted by molar-refractivity contribution is 5.34. The van der Waals surface area contributed by atoms with Gasteiger partial charge in [0.05, 0.1) is 0 Å². The quantitative estimate of drug-likeness (QED) is 0.888. The molecule has 1 aromatic rings. The molecule has 2 unspecified atom stereocenters. The van der Waals surface area contributed by atoms with Gasteiger partial charge in [-0.15, -0.1) is 0 Å². The van der Waals surface area contributed by atoms with Crippen molar-refractivity contribution in [2.75, 3.05) is 20.1 Å². The first-order chi connectivity index (χ1) is 9.61. The molecule has 1 N–H and O–H groups in total. The van der Waals surface area contributed by atoms with Crippen molar-refractivity contribution in [1.29, 1.82) is 0 Å². The lowest BCUT2D eigenvalue weighted by Gasteiger charge is -2.45. The third-order valence-electron chi connectivity index (χ3n) is 5.42. The Bertz CT molecular complexity index is 456. The minimum atomic E-state index is 0.501. The van der Waals surface area contributed by atoms with Crippen LogP contribution < -0.4 is 5.32 Å². The van der Waals surface area contributed by atoms with E-state index >= 15 is 0 Å². The fraction of sp³-hybridized carbons (Fsp3) is 0.667. The van der Waals surface area contributed by atoms with Gasteiger partial charge in [-0.3, -0.25) is 4.90 Å². The molecule has 2 aliphatic rings. The van der Waals surface area contributed by atoms with E-state index in [0.29, 0.717) is 17.5 Å². The number of nitrogens with one attached hydrogen (secondary N) is 1. The van der Waals surface area contributed by atoms with Crippen LogP contribution in [0.3, 0.4) is 0 Å². The highest BCUT2D eigenvalue weighted by Gasteiger charge is 2.35. The van der Waals surface area contributed by atoms with E-state index in [-0.39, 0.29) is 0 Å². The summed E-state index contributed by atoms with van der Waals surface area (Å²) in [6.45, 7) is 7.35. The predicted octanol–water partition coefficient (Wildman–Crippen LogP) is 3.38. The van der Waals surface area contributed by atoms with Gasteiger partial charge < -0.3 is 5.32 Å². The van der Waals surface area contributed by atoms with Crippen LogP contribution in [0.4, 0.5) is 0 Å². The summed E-state index contributed by atoms with van der Waals surface area (Å²) in [6.07, 6.45) is 5.20. The molecule has 1 aliphatic carbocycles. The average molecular weight is 272 g/mol. The first-order valence-electron chi connectivity index (χ1n) is 8.10. The molecule has 1 heterocycles. The number of aryl methyl sites for hydroxylation is 1.